The van der Waals surface area contributed by atoms with Gasteiger partial charge in [0.15, 0.2) is 0 Å². The molecule has 17 heavy (non-hydrogen) atoms. The molecule has 0 fully saturated rings. The van der Waals surface area contributed by atoms with Crippen LogP contribution in [0.5, 0.6) is 0 Å². The van der Waals surface area contributed by atoms with Crippen LogP contribution in [-0.4, -0.2) is 23.1 Å². The van der Waals surface area contributed by atoms with Gasteiger partial charge in [-0.05, 0) is 18.9 Å². The molecular weight excluding hydrogens is 242 g/mol. The van der Waals surface area contributed by atoms with E-state index in [0.29, 0.717) is 18.0 Å². The quantitative estimate of drug-likeness (QED) is 0.380. The van der Waals surface area contributed by atoms with Gasteiger partial charge in [-0.15, -0.1) is 4.91 Å². The molecule has 1 rings (SSSR count). The van der Waals surface area contributed by atoms with Crippen molar-refractivity contribution < 1.29 is 4.79 Å². The molecule has 1 N–H and O–H groups in total. The van der Waals surface area contributed by atoms with Gasteiger partial charge < -0.3 is 5.32 Å². The van der Waals surface area contributed by atoms with Gasteiger partial charge in [-0.3, -0.25) is 0 Å². The van der Waals surface area contributed by atoms with Gasteiger partial charge in [0.05, 0.1) is 5.29 Å². The van der Waals surface area contributed by atoms with Crippen molar-refractivity contribution in [2.45, 2.75) is 18.8 Å². The number of benzene rings is 1. The first-order valence-electron chi connectivity index (χ1n) is 5.23. The largest absolute Gasteiger partial charge is 0.341 e. The third-order valence-electron chi connectivity index (χ3n) is 2.17. The van der Waals surface area contributed by atoms with Gasteiger partial charge in [0.25, 0.3) is 0 Å². The smallest absolute Gasteiger partial charge is 0.336 e. The number of alkyl halides is 1. The lowest BCUT2D eigenvalue weighted by molar-refractivity contribution is 0.196. The van der Waals surface area contributed by atoms with E-state index in [-0.39, 0.29) is 0 Å². The summed E-state index contributed by atoms with van der Waals surface area (Å²) >= 11 is 5.61. The number of carbonyl (C=O) groups is 1. The minimum Gasteiger partial charge on any atom is -0.336 e. The second-order valence-corrected chi connectivity index (χ2v) is 4.10. The number of nitrogens with one attached hydrogen (secondary N) is 1. The highest BCUT2D eigenvalue weighted by Gasteiger charge is 2.18. The van der Waals surface area contributed by atoms with E-state index in [0.717, 1.165) is 5.56 Å². The average Bonchev–Trinajstić information content (AvgIpc) is 2.30. The van der Waals surface area contributed by atoms with Gasteiger partial charge in [-0.25, -0.2) is 4.79 Å². The lowest BCUT2D eigenvalue weighted by Crippen LogP contribution is -2.40. The Hall–Kier alpha value is -1.62. The lowest BCUT2D eigenvalue weighted by atomic mass is 10.1. The van der Waals surface area contributed by atoms with Gasteiger partial charge in [-0.1, -0.05) is 41.9 Å². The standard InChI is InChI=1S/C11H14ClN3O2/c1-9(12)15(14-17)11(16)13-8-7-10-5-3-2-4-6-10/h2-6,9H,7-8H2,1H3,(H,13,16). The molecule has 0 aliphatic heterocycles. The maximum atomic E-state index is 11.4. The van der Waals surface area contributed by atoms with Crippen LogP contribution in [0.3, 0.4) is 0 Å². The number of amides is 2. The molecule has 0 aromatic heterocycles. The lowest BCUT2D eigenvalue weighted by Gasteiger charge is -2.16. The Morgan fingerprint density at radius 1 is 1.47 bits per heavy atom. The maximum Gasteiger partial charge on any atom is 0.341 e. The average molecular weight is 256 g/mol. The predicted octanol–water partition coefficient (Wildman–Crippen LogP) is 2.51. The van der Waals surface area contributed by atoms with Crippen LogP contribution < -0.4 is 5.32 Å². The molecule has 0 aliphatic rings. The Labute approximate surface area is 105 Å². The van der Waals surface area contributed by atoms with E-state index in [2.05, 4.69) is 10.6 Å². The first-order chi connectivity index (χ1) is 8.15. The number of rotatable bonds is 5. The van der Waals surface area contributed by atoms with E-state index in [4.69, 9.17) is 11.6 Å². The molecule has 0 radical (unpaired) electrons. The van der Waals surface area contributed by atoms with Crippen LogP contribution in [0.4, 0.5) is 4.79 Å². The van der Waals surface area contributed by atoms with E-state index in [1.54, 1.807) is 0 Å². The summed E-state index contributed by atoms with van der Waals surface area (Å²) in [5, 5.41) is 5.78. The summed E-state index contributed by atoms with van der Waals surface area (Å²) in [5.41, 5.74) is 0.349. The number of halogens is 1. The molecule has 1 atom stereocenters. The Bertz CT molecular complexity index is 370. The van der Waals surface area contributed by atoms with E-state index >= 15 is 0 Å². The second-order valence-electron chi connectivity index (χ2n) is 3.47. The molecule has 0 spiro atoms. The number of hydrogen-bond acceptors (Lipinski definition) is 3. The van der Waals surface area contributed by atoms with Gasteiger partial charge in [0, 0.05) is 6.54 Å². The highest BCUT2D eigenvalue weighted by Crippen LogP contribution is 2.04. The number of hydrogen-bond donors (Lipinski definition) is 1. The SMILES string of the molecule is CC(Cl)N(N=O)C(=O)NCCc1ccccc1. The number of carbonyl (C=O) groups excluding carboxylic acids is 1. The molecular formula is C11H14ClN3O2. The van der Waals surface area contributed by atoms with Crippen LogP contribution in [0, 0.1) is 4.91 Å². The van der Waals surface area contributed by atoms with Crippen molar-refractivity contribution in [3.8, 4) is 0 Å². The third-order valence-corrected chi connectivity index (χ3v) is 2.35. The van der Waals surface area contributed by atoms with Crippen LogP contribution in [0.15, 0.2) is 35.6 Å². The van der Waals surface area contributed by atoms with Crippen molar-refractivity contribution in [1.82, 2.24) is 10.3 Å². The van der Waals surface area contributed by atoms with Crippen molar-refractivity contribution in [3.63, 3.8) is 0 Å². The first-order valence-corrected chi connectivity index (χ1v) is 5.67. The van der Waals surface area contributed by atoms with Crippen LogP contribution in [0.25, 0.3) is 0 Å². The molecule has 0 heterocycles. The van der Waals surface area contributed by atoms with E-state index in [9.17, 15) is 9.70 Å². The van der Waals surface area contributed by atoms with E-state index in [1.165, 1.54) is 6.92 Å². The molecule has 2 amide bonds. The fourth-order valence-corrected chi connectivity index (χ4v) is 1.43. The van der Waals surface area contributed by atoms with Crippen LogP contribution in [-0.2, 0) is 6.42 Å². The maximum absolute atomic E-state index is 11.4. The van der Waals surface area contributed by atoms with Crippen LogP contribution in [0.1, 0.15) is 12.5 Å². The zero-order chi connectivity index (χ0) is 12.7. The van der Waals surface area contributed by atoms with Gasteiger partial charge in [0.1, 0.15) is 5.50 Å². The Balaban J connectivity index is 2.36. The zero-order valence-corrected chi connectivity index (χ0v) is 10.2. The van der Waals surface area contributed by atoms with Crippen molar-refractivity contribution in [3.05, 3.63) is 40.8 Å². The summed E-state index contributed by atoms with van der Waals surface area (Å²) in [6.07, 6.45) is 0.690. The molecule has 1 unspecified atom stereocenters. The second kappa shape index (κ2) is 6.85. The van der Waals surface area contributed by atoms with Gasteiger partial charge in [0.2, 0.25) is 0 Å². The summed E-state index contributed by atoms with van der Waals surface area (Å²) in [6, 6.07) is 9.13. The molecule has 0 saturated carbocycles. The van der Waals surface area contributed by atoms with Crippen LogP contribution >= 0.6 is 11.6 Å². The Morgan fingerprint density at radius 2 is 2.12 bits per heavy atom. The summed E-state index contributed by atoms with van der Waals surface area (Å²) in [7, 11) is 0. The Kier molecular flexibility index (Phi) is 5.42. The fourth-order valence-electron chi connectivity index (χ4n) is 1.30. The number of urea groups is 1. The topological polar surface area (TPSA) is 61.8 Å². The Morgan fingerprint density at radius 3 is 2.65 bits per heavy atom. The highest BCUT2D eigenvalue weighted by molar-refractivity contribution is 6.20. The predicted molar refractivity (Wildman–Crippen MR) is 66.5 cm³/mol. The molecule has 92 valence electrons. The third kappa shape index (κ3) is 4.40. The minimum absolute atomic E-state index is 0.429. The summed E-state index contributed by atoms with van der Waals surface area (Å²) in [5.74, 6) is 0. The summed E-state index contributed by atoms with van der Waals surface area (Å²) < 4.78 is 0. The van der Waals surface area contributed by atoms with Gasteiger partial charge in [-0.2, -0.15) is 5.01 Å². The number of nitroso groups, excluding NO2 is 1. The zero-order valence-electron chi connectivity index (χ0n) is 9.47. The highest BCUT2D eigenvalue weighted by atomic mass is 35.5. The van der Waals surface area contributed by atoms with Crippen molar-refractivity contribution >= 4 is 17.6 Å². The monoisotopic (exact) mass is 255 g/mol. The molecule has 0 aliphatic carbocycles. The van der Waals surface area contributed by atoms with E-state index < -0.39 is 11.5 Å². The summed E-state index contributed by atoms with van der Waals surface area (Å²) in [4.78, 5) is 21.8. The first kappa shape index (κ1) is 13.4. The van der Waals surface area contributed by atoms with Crippen LogP contribution in [0.2, 0.25) is 0 Å². The van der Waals surface area contributed by atoms with Gasteiger partial charge >= 0.3 is 6.03 Å². The molecule has 1 aromatic rings. The minimum atomic E-state index is -0.760. The van der Waals surface area contributed by atoms with E-state index in [1.807, 2.05) is 30.3 Å². The number of nitrogens with zero attached hydrogens (tertiary/aromatic N) is 2. The van der Waals surface area contributed by atoms with Crippen molar-refractivity contribution in [2.75, 3.05) is 6.54 Å². The molecule has 6 heteroatoms. The molecule has 0 bridgehead atoms. The molecule has 0 saturated heterocycles. The van der Waals surface area contributed by atoms with Crippen molar-refractivity contribution in [1.29, 1.82) is 0 Å². The summed E-state index contributed by atoms with van der Waals surface area (Å²) in [6.45, 7) is 1.93. The normalized spacial score (nSPS) is 11.6. The fraction of sp³-hybridized carbons (Fsp3) is 0.364. The van der Waals surface area contributed by atoms with Crippen molar-refractivity contribution in [2.24, 2.45) is 5.29 Å². The molecule has 1 aromatic carbocycles. The molecule has 5 nitrogen and oxygen atoms in total.